The Labute approximate surface area is 122 Å². The van der Waals surface area contributed by atoms with E-state index in [1.807, 2.05) is 13.8 Å². The molecule has 0 radical (unpaired) electrons. The van der Waals surface area contributed by atoms with Gasteiger partial charge in [0.05, 0.1) is 6.42 Å². The van der Waals surface area contributed by atoms with Gasteiger partial charge in [-0.25, -0.2) is 0 Å². The first-order chi connectivity index (χ1) is 9.69. The zero-order chi connectivity index (χ0) is 15.8. The fraction of sp³-hybridized carbons (Fsp3) is 0.857. The van der Waals surface area contributed by atoms with E-state index in [0.717, 1.165) is 17.7 Å². The SMILES string of the molecule is CC(C)CC1C(=O)NC(C2CC2)C(=O)N1CCC(F)(F)F. The predicted molar refractivity (Wildman–Crippen MR) is 70.3 cm³/mol. The maximum atomic E-state index is 12.5. The molecule has 0 aromatic carbocycles. The Morgan fingerprint density at radius 3 is 2.38 bits per heavy atom. The van der Waals surface area contributed by atoms with Crippen LogP contribution in [0.15, 0.2) is 0 Å². The lowest BCUT2D eigenvalue weighted by Crippen LogP contribution is -2.64. The van der Waals surface area contributed by atoms with Gasteiger partial charge in [0, 0.05) is 6.54 Å². The number of hydrogen-bond acceptors (Lipinski definition) is 2. The van der Waals surface area contributed by atoms with Crippen LogP contribution in [0, 0.1) is 11.8 Å². The minimum Gasteiger partial charge on any atom is -0.342 e. The van der Waals surface area contributed by atoms with E-state index < -0.39 is 31.2 Å². The van der Waals surface area contributed by atoms with Crippen LogP contribution in [0.2, 0.25) is 0 Å². The lowest BCUT2D eigenvalue weighted by Gasteiger charge is -2.40. The standard InChI is InChI=1S/C14H21F3N2O2/c1-8(2)7-10-12(20)18-11(9-3-4-9)13(21)19(10)6-5-14(15,16)17/h8-11H,3-7H2,1-2H3,(H,18,20). The topological polar surface area (TPSA) is 49.4 Å². The van der Waals surface area contributed by atoms with Crippen molar-refractivity contribution in [3.63, 3.8) is 0 Å². The van der Waals surface area contributed by atoms with Crippen molar-refractivity contribution in [2.45, 2.75) is 57.8 Å². The fourth-order valence-corrected chi connectivity index (χ4v) is 2.73. The second kappa shape index (κ2) is 5.85. The van der Waals surface area contributed by atoms with E-state index in [2.05, 4.69) is 5.32 Å². The number of halogens is 3. The fourth-order valence-electron chi connectivity index (χ4n) is 2.73. The zero-order valence-corrected chi connectivity index (χ0v) is 12.2. The summed E-state index contributed by atoms with van der Waals surface area (Å²) in [5.74, 6) is -0.455. The van der Waals surface area contributed by atoms with Gasteiger partial charge in [0.2, 0.25) is 11.8 Å². The van der Waals surface area contributed by atoms with E-state index in [0.29, 0.717) is 6.42 Å². The average Bonchev–Trinajstić information content (AvgIpc) is 3.15. The van der Waals surface area contributed by atoms with Crippen molar-refractivity contribution < 1.29 is 22.8 Å². The largest absolute Gasteiger partial charge is 0.390 e. The molecule has 1 aliphatic carbocycles. The number of alkyl halides is 3. The van der Waals surface area contributed by atoms with Crippen molar-refractivity contribution in [3.8, 4) is 0 Å². The van der Waals surface area contributed by atoms with Gasteiger partial charge in [-0.3, -0.25) is 9.59 Å². The average molecular weight is 306 g/mol. The Kier molecular flexibility index (Phi) is 4.49. The second-order valence-electron chi connectivity index (χ2n) is 6.37. The van der Waals surface area contributed by atoms with Gasteiger partial charge in [-0.05, 0) is 31.1 Å². The number of nitrogens with zero attached hydrogens (tertiary/aromatic N) is 1. The number of hydrogen-bond donors (Lipinski definition) is 1. The number of rotatable bonds is 5. The summed E-state index contributed by atoms with van der Waals surface area (Å²) in [6.45, 7) is 3.33. The van der Waals surface area contributed by atoms with Gasteiger partial charge >= 0.3 is 6.18 Å². The molecule has 1 saturated heterocycles. The Morgan fingerprint density at radius 2 is 1.90 bits per heavy atom. The Bertz CT molecular complexity index is 419. The molecule has 1 saturated carbocycles. The first-order valence-corrected chi connectivity index (χ1v) is 7.36. The smallest absolute Gasteiger partial charge is 0.342 e. The normalized spacial score (nSPS) is 27.2. The van der Waals surface area contributed by atoms with E-state index in [-0.39, 0.29) is 23.7 Å². The van der Waals surface area contributed by atoms with Crippen molar-refractivity contribution in [1.82, 2.24) is 10.2 Å². The molecule has 0 aromatic heterocycles. The summed E-state index contributed by atoms with van der Waals surface area (Å²) in [5, 5.41) is 2.70. The molecule has 2 unspecified atom stereocenters. The third-order valence-corrected chi connectivity index (χ3v) is 3.95. The number of amides is 2. The van der Waals surface area contributed by atoms with Crippen LogP contribution >= 0.6 is 0 Å². The molecule has 0 spiro atoms. The number of nitrogens with one attached hydrogen (secondary N) is 1. The van der Waals surface area contributed by atoms with Crippen LogP contribution in [0.1, 0.15) is 39.5 Å². The summed E-state index contributed by atoms with van der Waals surface area (Å²) in [6, 6.07) is -1.41. The van der Waals surface area contributed by atoms with E-state index >= 15 is 0 Å². The maximum absolute atomic E-state index is 12.5. The molecule has 0 aromatic rings. The van der Waals surface area contributed by atoms with Gasteiger partial charge in [-0.1, -0.05) is 13.8 Å². The lowest BCUT2D eigenvalue weighted by atomic mass is 9.96. The van der Waals surface area contributed by atoms with E-state index in [9.17, 15) is 22.8 Å². The van der Waals surface area contributed by atoms with Crippen LogP contribution in [0.4, 0.5) is 13.2 Å². The van der Waals surface area contributed by atoms with Gasteiger partial charge in [0.15, 0.2) is 0 Å². The monoisotopic (exact) mass is 306 g/mol. The highest BCUT2D eigenvalue weighted by molar-refractivity contribution is 5.97. The molecule has 7 heteroatoms. The zero-order valence-electron chi connectivity index (χ0n) is 12.2. The summed E-state index contributed by atoms with van der Waals surface area (Å²) in [4.78, 5) is 25.7. The van der Waals surface area contributed by atoms with E-state index in [4.69, 9.17) is 0 Å². The molecule has 120 valence electrons. The summed E-state index contributed by atoms with van der Waals surface area (Å²) < 4.78 is 37.4. The van der Waals surface area contributed by atoms with Crippen molar-refractivity contribution in [1.29, 1.82) is 0 Å². The van der Waals surface area contributed by atoms with Gasteiger partial charge in [-0.2, -0.15) is 13.2 Å². The third-order valence-electron chi connectivity index (χ3n) is 3.95. The first kappa shape index (κ1) is 16.1. The highest BCUT2D eigenvalue weighted by Crippen LogP contribution is 2.36. The van der Waals surface area contributed by atoms with Crippen LogP contribution in [0.3, 0.4) is 0 Å². The van der Waals surface area contributed by atoms with Crippen molar-refractivity contribution in [3.05, 3.63) is 0 Å². The van der Waals surface area contributed by atoms with Crippen LogP contribution < -0.4 is 5.32 Å². The van der Waals surface area contributed by atoms with Crippen molar-refractivity contribution in [2.75, 3.05) is 6.54 Å². The second-order valence-corrected chi connectivity index (χ2v) is 6.37. The van der Waals surface area contributed by atoms with Crippen molar-refractivity contribution in [2.24, 2.45) is 11.8 Å². The van der Waals surface area contributed by atoms with Crippen LogP contribution in [0.25, 0.3) is 0 Å². The first-order valence-electron chi connectivity index (χ1n) is 7.36. The summed E-state index contributed by atoms with van der Waals surface area (Å²) in [5.41, 5.74) is 0. The molecule has 21 heavy (non-hydrogen) atoms. The summed E-state index contributed by atoms with van der Waals surface area (Å²) in [7, 11) is 0. The van der Waals surface area contributed by atoms with Gasteiger partial charge in [-0.15, -0.1) is 0 Å². The van der Waals surface area contributed by atoms with E-state index in [1.54, 1.807) is 0 Å². The number of carbonyl (C=O) groups is 2. The molecular formula is C14H21F3N2O2. The van der Waals surface area contributed by atoms with Gasteiger partial charge in [0.25, 0.3) is 0 Å². The van der Waals surface area contributed by atoms with Crippen LogP contribution in [0.5, 0.6) is 0 Å². The molecule has 2 amide bonds. The van der Waals surface area contributed by atoms with Gasteiger partial charge < -0.3 is 10.2 Å². The highest BCUT2D eigenvalue weighted by atomic mass is 19.4. The quantitative estimate of drug-likeness (QED) is 0.845. The Balaban J connectivity index is 2.13. The molecule has 1 N–H and O–H groups in total. The molecule has 2 rings (SSSR count). The molecule has 2 aliphatic rings. The Morgan fingerprint density at radius 1 is 1.29 bits per heavy atom. The number of carbonyl (C=O) groups excluding carboxylic acids is 2. The summed E-state index contributed by atoms with van der Waals surface area (Å²) in [6.07, 6.45) is -3.33. The molecular weight excluding hydrogens is 285 g/mol. The molecule has 1 aliphatic heterocycles. The minimum absolute atomic E-state index is 0.0924. The third kappa shape index (κ3) is 4.11. The molecule has 0 bridgehead atoms. The highest BCUT2D eigenvalue weighted by Gasteiger charge is 2.47. The van der Waals surface area contributed by atoms with Crippen LogP contribution in [-0.4, -0.2) is 41.5 Å². The van der Waals surface area contributed by atoms with Gasteiger partial charge in [0.1, 0.15) is 12.1 Å². The van der Waals surface area contributed by atoms with Crippen LogP contribution in [-0.2, 0) is 9.59 Å². The molecule has 4 nitrogen and oxygen atoms in total. The number of piperazine rings is 1. The van der Waals surface area contributed by atoms with E-state index in [1.165, 1.54) is 0 Å². The molecule has 2 atom stereocenters. The van der Waals surface area contributed by atoms with Crippen molar-refractivity contribution >= 4 is 11.8 Å². The predicted octanol–water partition coefficient (Wildman–Crippen LogP) is 2.09. The molecule has 2 fully saturated rings. The maximum Gasteiger partial charge on any atom is 0.390 e. The summed E-state index contributed by atoms with van der Waals surface area (Å²) >= 11 is 0. The lowest BCUT2D eigenvalue weighted by molar-refractivity contribution is -0.159. The molecule has 1 heterocycles. The minimum atomic E-state index is -4.33. The Hall–Kier alpha value is -1.27.